The Morgan fingerprint density at radius 3 is 2.93 bits per heavy atom. The molecule has 1 heterocycles. The Morgan fingerprint density at radius 1 is 1.43 bits per heavy atom. The summed E-state index contributed by atoms with van der Waals surface area (Å²) in [5.74, 6) is 0.0926. The van der Waals surface area contributed by atoms with Crippen molar-refractivity contribution in [2.75, 3.05) is 0 Å². The van der Waals surface area contributed by atoms with E-state index in [0.29, 0.717) is 0 Å². The predicted octanol–water partition coefficient (Wildman–Crippen LogP) is 3.07. The number of hydrogen-bond donors (Lipinski definition) is 1. The molecule has 0 unspecified atom stereocenters. The van der Waals surface area contributed by atoms with E-state index in [1.807, 2.05) is 31.2 Å². The first-order chi connectivity index (χ1) is 6.68. The largest absolute Gasteiger partial charge is 0.508 e. The Morgan fingerprint density at radius 2 is 2.21 bits per heavy atom. The first kappa shape index (κ1) is 8.75. The van der Waals surface area contributed by atoms with Crippen LogP contribution in [-0.2, 0) is 0 Å². The van der Waals surface area contributed by atoms with Gasteiger partial charge in [-0.2, -0.15) is 0 Å². The van der Waals surface area contributed by atoms with Gasteiger partial charge in [0.25, 0.3) is 0 Å². The molecule has 1 N–H and O–H groups in total. The van der Waals surface area contributed by atoms with Gasteiger partial charge in [0.1, 0.15) is 5.76 Å². The summed E-state index contributed by atoms with van der Waals surface area (Å²) in [6.45, 7) is 5.47. The third kappa shape index (κ3) is 1.35. The number of hydrogen-bond acceptors (Lipinski definition) is 2. The highest BCUT2D eigenvalue weighted by molar-refractivity contribution is 5.83. The molecule has 0 radical (unpaired) electrons. The Kier molecular flexibility index (Phi) is 1.97. The first-order valence-corrected chi connectivity index (χ1v) is 4.42. The molecule has 1 aromatic heterocycles. The highest BCUT2D eigenvalue weighted by atomic mass is 16.3. The van der Waals surface area contributed by atoms with Gasteiger partial charge in [0, 0.05) is 17.1 Å². The Hall–Kier alpha value is -1.83. The van der Waals surface area contributed by atoms with Crippen molar-refractivity contribution in [3.8, 4) is 0 Å². The quantitative estimate of drug-likeness (QED) is 0.692. The van der Waals surface area contributed by atoms with Gasteiger partial charge in [-0.25, -0.2) is 0 Å². The van der Waals surface area contributed by atoms with Crippen LogP contribution in [0.15, 0.2) is 37.0 Å². The molecule has 0 saturated heterocycles. The fraction of sp³-hybridized carbons (Fsp3) is 0.0833. The Labute approximate surface area is 82.5 Å². The average Bonchev–Trinajstić information content (AvgIpc) is 2.16. The van der Waals surface area contributed by atoms with Gasteiger partial charge in [-0.3, -0.25) is 4.98 Å². The number of benzene rings is 1. The highest BCUT2D eigenvalue weighted by Gasteiger charge is 2.03. The minimum atomic E-state index is 0.0926. The second kappa shape index (κ2) is 3.14. The van der Waals surface area contributed by atoms with Gasteiger partial charge in [-0.05, 0) is 30.7 Å². The van der Waals surface area contributed by atoms with Gasteiger partial charge in [-0.15, -0.1) is 0 Å². The summed E-state index contributed by atoms with van der Waals surface area (Å²) in [5, 5.41) is 10.4. The van der Waals surface area contributed by atoms with E-state index >= 15 is 0 Å². The molecule has 0 spiro atoms. The van der Waals surface area contributed by atoms with Gasteiger partial charge >= 0.3 is 0 Å². The van der Waals surface area contributed by atoms with E-state index in [1.165, 1.54) is 0 Å². The molecule has 70 valence electrons. The minimum Gasteiger partial charge on any atom is -0.508 e. The molecule has 0 aliphatic rings. The third-order valence-corrected chi connectivity index (χ3v) is 2.26. The lowest BCUT2D eigenvalue weighted by atomic mass is 10.0. The van der Waals surface area contributed by atoms with Crippen molar-refractivity contribution in [2.45, 2.75) is 6.92 Å². The summed E-state index contributed by atoms with van der Waals surface area (Å²) in [6, 6.07) is 7.75. The van der Waals surface area contributed by atoms with Gasteiger partial charge < -0.3 is 5.11 Å². The van der Waals surface area contributed by atoms with Crippen LogP contribution in [0.1, 0.15) is 11.1 Å². The van der Waals surface area contributed by atoms with Gasteiger partial charge in [0.05, 0.1) is 5.52 Å². The second-order valence-corrected chi connectivity index (χ2v) is 3.31. The van der Waals surface area contributed by atoms with E-state index in [4.69, 9.17) is 0 Å². The lowest BCUT2D eigenvalue weighted by molar-refractivity contribution is 0.513. The van der Waals surface area contributed by atoms with Crippen LogP contribution >= 0.6 is 0 Å². The number of nitrogens with zero attached hydrogens (tertiary/aromatic N) is 1. The van der Waals surface area contributed by atoms with Crippen LogP contribution in [0.25, 0.3) is 16.7 Å². The van der Waals surface area contributed by atoms with Gasteiger partial charge in [0.2, 0.25) is 0 Å². The summed E-state index contributed by atoms with van der Waals surface area (Å²) in [7, 11) is 0. The highest BCUT2D eigenvalue weighted by Crippen LogP contribution is 2.21. The summed E-state index contributed by atoms with van der Waals surface area (Å²) in [6.07, 6.45) is 1.74. The predicted molar refractivity (Wildman–Crippen MR) is 58.1 cm³/mol. The van der Waals surface area contributed by atoms with Crippen LogP contribution in [0.2, 0.25) is 0 Å². The number of aromatic nitrogens is 1. The van der Waals surface area contributed by atoms with E-state index in [9.17, 15) is 5.11 Å². The average molecular weight is 185 g/mol. The lowest BCUT2D eigenvalue weighted by Crippen LogP contribution is -1.88. The SMILES string of the molecule is C=C(O)c1cc2ncccc2cc1C. The van der Waals surface area contributed by atoms with E-state index < -0.39 is 0 Å². The molecule has 0 fully saturated rings. The zero-order valence-electron chi connectivity index (χ0n) is 7.99. The maximum absolute atomic E-state index is 9.34. The monoisotopic (exact) mass is 185 g/mol. The van der Waals surface area contributed by atoms with Crippen LogP contribution in [0.5, 0.6) is 0 Å². The Balaban J connectivity index is 2.77. The molecule has 0 saturated carbocycles. The van der Waals surface area contributed by atoms with Crippen molar-refractivity contribution in [3.63, 3.8) is 0 Å². The molecule has 2 nitrogen and oxygen atoms in total. The summed E-state index contributed by atoms with van der Waals surface area (Å²) >= 11 is 0. The lowest BCUT2D eigenvalue weighted by Gasteiger charge is -2.05. The van der Waals surface area contributed by atoms with Crippen molar-refractivity contribution in [1.82, 2.24) is 4.98 Å². The molecule has 0 atom stereocenters. The third-order valence-electron chi connectivity index (χ3n) is 2.26. The minimum absolute atomic E-state index is 0.0926. The molecule has 14 heavy (non-hydrogen) atoms. The van der Waals surface area contributed by atoms with Crippen molar-refractivity contribution in [1.29, 1.82) is 0 Å². The second-order valence-electron chi connectivity index (χ2n) is 3.31. The number of aliphatic hydroxyl groups excluding tert-OH is 1. The molecule has 1 aromatic carbocycles. The van der Waals surface area contributed by atoms with Crippen molar-refractivity contribution in [3.05, 3.63) is 48.2 Å². The van der Waals surface area contributed by atoms with Crippen LogP contribution in [-0.4, -0.2) is 10.1 Å². The molecule has 2 aromatic rings. The molecule has 2 heteroatoms. The van der Waals surface area contributed by atoms with Crippen LogP contribution in [0.3, 0.4) is 0 Å². The molecule has 2 rings (SSSR count). The number of fused-ring (bicyclic) bond motifs is 1. The van der Waals surface area contributed by atoms with Crippen LogP contribution in [0, 0.1) is 6.92 Å². The van der Waals surface area contributed by atoms with Crippen LogP contribution < -0.4 is 0 Å². The molecule has 0 aliphatic heterocycles. The number of pyridine rings is 1. The zero-order valence-corrected chi connectivity index (χ0v) is 7.99. The van der Waals surface area contributed by atoms with E-state index in [1.54, 1.807) is 6.20 Å². The summed E-state index contributed by atoms with van der Waals surface area (Å²) in [4.78, 5) is 4.21. The maximum atomic E-state index is 9.34. The fourth-order valence-corrected chi connectivity index (χ4v) is 1.55. The van der Waals surface area contributed by atoms with Crippen molar-refractivity contribution < 1.29 is 5.11 Å². The van der Waals surface area contributed by atoms with E-state index in [-0.39, 0.29) is 5.76 Å². The molecule has 0 bridgehead atoms. The van der Waals surface area contributed by atoms with E-state index in [2.05, 4.69) is 11.6 Å². The maximum Gasteiger partial charge on any atom is 0.115 e. The molecular weight excluding hydrogens is 174 g/mol. The number of aryl methyl sites for hydroxylation is 1. The number of aliphatic hydroxyl groups is 1. The van der Waals surface area contributed by atoms with Crippen molar-refractivity contribution in [2.24, 2.45) is 0 Å². The fourth-order valence-electron chi connectivity index (χ4n) is 1.55. The molecule has 0 aliphatic carbocycles. The van der Waals surface area contributed by atoms with E-state index in [0.717, 1.165) is 22.0 Å². The summed E-state index contributed by atoms with van der Waals surface area (Å²) < 4.78 is 0. The zero-order chi connectivity index (χ0) is 10.1. The van der Waals surface area contributed by atoms with Gasteiger partial charge in [0.15, 0.2) is 0 Å². The van der Waals surface area contributed by atoms with Crippen LogP contribution in [0.4, 0.5) is 0 Å². The Bertz CT molecular complexity index is 503. The summed E-state index contributed by atoms with van der Waals surface area (Å²) in [5.41, 5.74) is 2.65. The normalized spacial score (nSPS) is 10.4. The number of rotatable bonds is 1. The topological polar surface area (TPSA) is 33.1 Å². The standard InChI is InChI=1S/C12H11NO/c1-8-6-10-4-3-5-13-12(10)7-11(8)9(2)14/h3-7,14H,2H2,1H3. The van der Waals surface area contributed by atoms with Crippen molar-refractivity contribution >= 4 is 16.7 Å². The first-order valence-electron chi connectivity index (χ1n) is 4.42. The van der Waals surface area contributed by atoms with Gasteiger partial charge in [-0.1, -0.05) is 12.6 Å². The molecular formula is C12H11NO. The molecule has 0 amide bonds. The smallest absolute Gasteiger partial charge is 0.115 e.